The number of nitrogens with two attached hydrogens (primary N) is 1. The van der Waals surface area contributed by atoms with Gasteiger partial charge in [-0.05, 0) is 30.8 Å². The molecule has 18 heteroatoms. The van der Waals surface area contributed by atoms with Crippen molar-refractivity contribution in [3.05, 3.63) is 77.1 Å². The number of likely N-dealkylation sites (N-methyl/N-ethyl adjacent to an activating group) is 1. The quantitative estimate of drug-likeness (QED) is 0.0394. The summed E-state index contributed by atoms with van der Waals surface area (Å²) in [6.07, 6.45) is 2.42. The molecule has 10 N–H and O–H groups in total. The molecule has 4 rings (SSSR count). The van der Waals surface area contributed by atoms with Crippen molar-refractivity contribution in [1.29, 1.82) is 0 Å². The fourth-order valence-electron chi connectivity index (χ4n) is 6.59. The summed E-state index contributed by atoms with van der Waals surface area (Å²) in [5.74, 6) is 6.03. The summed E-state index contributed by atoms with van der Waals surface area (Å²) < 4.78 is 27.8. The molecule has 64 heavy (non-hydrogen) atoms. The van der Waals surface area contributed by atoms with Gasteiger partial charge in [-0.25, -0.2) is 0 Å². The zero-order chi connectivity index (χ0) is 45.3. The minimum atomic E-state index is -0.403. The minimum Gasteiger partial charge on any atom is -0.388 e. The molecule has 2 aromatic carbocycles. The van der Waals surface area contributed by atoms with Gasteiger partial charge in [0.2, 0.25) is 17.7 Å². The van der Waals surface area contributed by atoms with E-state index in [1.54, 1.807) is 4.90 Å². The van der Waals surface area contributed by atoms with Gasteiger partial charge in [-0.2, -0.15) is 0 Å². The predicted molar refractivity (Wildman–Crippen MR) is 248 cm³/mol. The van der Waals surface area contributed by atoms with E-state index < -0.39 is 5.54 Å². The molecule has 0 saturated heterocycles. The Labute approximate surface area is 379 Å². The van der Waals surface area contributed by atoms with Crippen LogP contribution >= 0.6 is 0 Å². The Morgan fingerprint density at radius 1 is 0.688 bits per heavy atom. The van der Waals surface area contributed by atoms with Crippen LogP contribution in [0, 0.1) is 11.8 Å². The molecule has 2 aromatic rings. The van der Waals surface area contributed by atoms with Crippen LogP contribution in [-0.4, -0.2) is 168 Å². The normalized spacial score (nSPS) is 17.7. The highest BCUT2D eigenvalue weighted by Gasteiger charge is 2.24. The van der Waals surface area contributed by atoms with Crippen LogP contribution in [0.15, 0.2) is 60.4 Å². The third-order valence-corrected chi connectivity index (χ3v) is 10.1. The van der Waals surface area contributed by atoms with Gasteiger partial charge in [0.25, 0.3) is 0 Å². The monoisotopic (exact) mass is 893 g/mol. The van der Waals surface area contributed by atoms with Gasteiger partial charge < -0.3 is 76.9 Å². The molecule has 1 atom stereocenters. The zero-order valence-corrected chi connectivity index (χ0v) is 37.7. The number of nitrogens with one attached hydrogen (secondary N) is 8. The molecule has 0 radical (unpaired) electrons. The van der Waals surface area contributed by atoms with Gasteiger partial charge in [0.15, 0.2) is 0 Å². The first-order valence-electron chi connectivity index (χ1n) is 22.5. The second-order valence-corrected chi connectivity index (χ2v) is 15.4. The summed E-state index contributed by atoms with van der Waals surface area (Å²) in [5, 5.41) is 25.9. The van der Waals surface area contributed by atoms with Gasteiger partial charge in [0.1, 0.15) is 0 Å². The third-order valence-electron chi connectivity index (χ3n) is 10.1. The Balaban J connectivity index is 0.920. The molecule has 0 fully saturated rings. The standard InChI is InChI=1S/C46H72N10O8/c1-48-16-17-51-35-46(47)36-52-20-18-49-32-41(33-50-19-21-53-37-46)55-44(58)14-23-61-25-27-63-29-31-64-30-28-62-26-24-60-22-13-43(57)54-15-12-45(59)56-34-40-8-3-2-6-38(40)10-11-39-7-4-5-9-42(39)56/h2-9,32,48-53H,12-31,33-37,47H2,1H3,(H,54,57)(H,55,58)/b41-32+/t46-/m1/s1. The molecule has 0 spiro atoms. The topological polar surface area (TPSA) is 223 Å². The van der Waals surface area contributed by atoms with Gasteiger partial charge in [-0.15, -0.1) is 0 Å². The minimum absolute atomic E-state index is 0.0873. The van der Waals surface area contributed by atoms with Crippen LogP contribution < -0.4 is 53.2 Å². The zero-order valence-electron chi connectivity index (χ0n) is 37.7. The van der Waals surface area contributed by atoms with Crippen LogP contribution in [0.25, 0.3) is 0 Å². The lowest BCUT2D eigenvalue weighted by Gasteiger charge is -2.31. The molecular formula is C46H72N10O8. The number of para-hydroxylation sites is 1. The number of hydrogen-bond donors (Lipinski definition) is 9. The van der Waals surface area contributed by atoms with E-state index in [9.17, 15) is 14.4 Å². The van der Waals surface area contributed by atoms with E-state index in [4.69, 9.17) is 29.4 Å². The van der Waals surface area contributed by atoms with Crippen molar-refractivity contribution in [2.24, 2.45) is 5.73 Å². The van der Waals surface area contributed by atoms with Crippen molar-refractivity contribution in [3.8, 4) is 11.8 Å². The molecule has 3 amide bonds. The van der Waals surface area contributed by atoms with Gasteiger partial charge in [0.05, 0.1) is 90.3 Å². The summed E-state index contributed by atoms with van der Waals surface area (Å²) in [6, 6.07) is 15.4. The molecule has 0 saturated carbocycles. The van der Waals surface area contributed by atoms with Gasteiger partial charge >= 0.3 is 0 Å². The number of carbonyl (C=O) groups is 3. The van der Waals surface area contributed by atoms with Gasteiger partial charge in [0, 0.05) is 108 Å². The first-order valence-corrected chi connectivity index (χ1v) is 22.5. The number of anilines is 1. The second kappa shape index (κ2) is 32.2. The Morgan fingerprint density at radius 2 is 1.27 bits per heavy atom. The summed E-state index contributed by atoms with van der Waals surface area (Å²) in [5.41, 5.74) is 10.5. The predicted octanol–water partition coefficient (Wildman–Crippen LogP) is -0.861. The maximum Gasteiger partial charge on any atom is 0.229 e. The van der Waals surface area contributed by atoms with E-state index in [0.29, 0.717) is 92.1 Å². The third kappa shape index (κ3) is 21.9. The van der Waals surface area contributed by atoms with E-state index in [-0.39, 0.29) is 56.7 Å². The molecule has 0 bridgehead atoms. The Morgan fingerprint density at radius 3 is 1.95 bits per heavy atom. The number of carbonyl (C=O) groups excluding carboxylic acids is 3. The van der Waals surface area contributed by atoms with Gasteiger partial charge in [-0.3, -0.25) is 14.4 Å². The highest BCUT2D eigenvalue weighted by Crippen LogP contribution is 2.25. The summed E-state index contributed by atoms with van der Waals surface area (Å²) in [6.45, 7) is 11.6. The van der Waals surface area contributed by atoms with Crippen LogP contribution in [0.2, 0.25) is 0 Å². The van der Waals surface area contributed by atoms with E-state index >= 15 is 0 Å². The van der Waals surface area contributed by atoms with E-state index in [0.717, 1.165) is 60.8 Å². The van der Waals surface area contributed by atoms with E-state index in [1.165, 1.54) is 0 Å². The molecule has 0 aromatic heterocycles. The summed E-state index contributed by atoms with van der Waals surface area (Å²) in [4.78, 5) is 40.0. The fraction of sp³-hybridized carbons (Fsp3) is 0.587. The molecule has 2 heterocycles. The van der Waals surface area contributed by atoms with Crippen LogP contribution in [-0.2, 0) is 44.6 Å². The number of benzene rings is 2. The number of hydrogen-bond acceptors (Lipinski definition) is 15. The fourth-order valence-corrected chi connectivity index (χ4v) is 6.59. The molecule has 354 valence electrons. The first kappa shape index (κ1) is 52.1. The number of ether oxygens (including phenoxy) is 5. The number of nitrogens with zero attached hydrogens (tertiary/aromatic N) is 1. The van der Waals surface area contributed by atoms with Crippen LogP contribution in [0.4, 0.5) is 5.69 Å². The summed E-state index contributed by atoms with van der Waals surface area (Å²) >= 11 is 0. The molecule has 2 aliphatic rings. The average molecular weight is 893 g/mol. The average Bonchev–Trinajstić information content (AvgIpc) is 3.29. The Hall–Kier alpha value is -4.49. The smallest absolute Gasteiger partial charge is 0.229 e. The second-order valence-electron chi connectivity index (χ2n) is 15.4. The molecule has 0 unspecified atom stereocenters. The van der Waals surface area contributed by atoms with Crippen molar-refractivity contribution < 1.29 is 38.1 Å². The maximum atomic E-state index is 13.3. The Kier molecular flexibility index (Phi) is 26.2. The van der Waals surface area contributed by atoms with E-state index in [2.05, 4.69) is 54.4 Å². The van der Waals surface area contributed by atoms with Crippen LogP contribution in [0.1, 0.15) is 36.0 Å². The lowest BCUT2D eigenvalue weighted by atomic mass is 10.0. The highest BCUT2D eigenvalue weighted by molar-refractivity contribution is 5.95. The van der Waals surface area contributed by atoms with Gasteiger partial charge in [-0.1, -0.05) is 42.2 Å². The van der Waals surface area contributed by atoms with E-state index in [1.807, 2.05) is 61.8 Å². The first-order chi connectivity index (χ1) is 31.4. The molecular weight excluding hydrogens is 821 g/mol. The number of fused-ring (bicyclic) bond motifs is 2. The number of rotatable bonds is 27. The van der Waals surface area contributed by atoms with Crippen LogP contribution in [0.3, 0.4) is 0 Å². The van der Waals surface area contributed by atoms with Crippen LogP contribution in [0.5, 0.6) is 0 Å². The molecule has 0 aliphatic carbocycles. The van der Waals surface area contributed by atoms with Crippen molar-refractivity contribution in [2.75, 3.05) is 150 Å². The van der Waals surface area contributed by atoms with Crippen molar-refractivity contribution in [3.63, 3.8) is 0 Å². The Bertz CT molecular complexity index is 1760. The van der Waals surface area contributed by atoms with Crippen molar-refractivity contribution in [1.82, 2.24) is 42.5 Å². The molecule has 18 nitrogen and oxygen atoms in total. The highest BCUT2D eigenvalue weighted by atomic mass is 16.6. The largest absolute Gasteiger partial charge is 0.388 e. The van der Waals surface area contributed by atoms with Crippen molar-refractivity contribution in [2.45, 2.75) is 31.3 Å². The maximum absolute atomic E-state index is 13.3. The lowest BCUT2D eigenvalue weighted by Crippen LogP contribution is -2.62. The lowest BCUT2D eigenvalue weighted by molar-refractivity contribution is -0.123. The molecule has 2 aliphatic heterocycles. The summed E-state index contributed by atoms with van der Waals surface area (Å²) in [7, 11) is 1.93. The van der Waals surface area contributed by atoms with Crippen molar-refractivity contribution >= 4 is 23.4 Å². The SMILES string of the molecule is CNCCNC[C@@]1(N)CNCCN/C=C(/NC(=O)CCOCCOCCOCCOCCOCCC(=O)NCCC(=O)N2Cc3ccccc3C#Cc3ccccc32)CNCCNC1. The number of amides is 3.